The first-order valence-corrected chi connectivity index (χ1v) is 8.27. The summed E-state index contributed by atoms with van der Waals surface area (Å²) in [6.45, 7) is 2.36. The van der Waals surface area contributed by atoms with E-state index in [1.807, 2.05) is 6.92 Å². The molecular weight excluding hydrogens is 350 g/mol. The Morgan fingerprint density at radius 3 is 2.74 bits per heavy atom. The highest BCUT2D eigenvalue weighted by atomic mass is 16.6. The van der Waals surface area contributed by atoms with Crippen LogP contribution in [0.3, 0.4) is 0 Å². The van der Waals surface area contributed by atoms with Crippen molar-refractivity contribution in [2.45, 2.75) is 13.0 Å². The van der Waals surface area contributed by atoms with Crippen LogP contribution in [0.25, 0.3) is 11.4 Å². The van der Waals surface area contributed by atoms with E-state index in [4.69, 9.17) is 15.2 Å². The summed E-state index contributed by atoms with van der Waals surface area (Å²) in [6.07, 6.45) is 0. The van der Waals surface area contributed by atoms with Crippen molar-refractivity contribution < 1.29 is 14.4 Å². The number of nitrogens with one attached hydrogen (secondary N) is 1. The van der Waals surface area contributed by atoms with Gasteiger partial charge >= 0.3 is 0 Å². The molecule has 0 spiro atoms. The molecule has 3 N–H and O–H groups in total. The zero-order valence-corrected chi connectivity index (χ0v) is 14.9. The molecule has 2 aromatic carbocycles. The Balaban J connectivity index is 1.93. The van der Waals surface area contributed by atoms with Gasteiger partial charge in [-0.25, -0.2) is 4.98 Å². The fourth-order valence-electron chi connectivity index (χ4n) is 2.67. The molecule has 0 aliphatic heterocycles. The number of hydrogen-bond acceptors (Lipinski definition) is 7. The van der Waals surface area contributed by atoms with Gasteiger partial charge in [-0.15, -0.1) is 0 Å². The standard InChI is InChI=1S/C18H19N5O4/c1-3-27-15-10-11(8-9-14(15)26-2)16(19)18-20-17(21-22-18)12-6-4-5-7-13(12)23(24)25/h4-10,16H,3,19H2,1-2H3,(H,20,21,22)/t16-/m1/s1. The molecule has 27 heavy (non-hydrogen) atoms. The summed E-state index contributed by atoms with van der Waals surface area (Å²) >= 11 is 0. The van der Waals surface area contributed by atoms with Gasteiger partial charge in [0.1, 0.15) is 5.82 Å². The van der Waals surface area contributed by atoms with Crippen molar-refractivity contribution in [2.75, 3.05) is 13.7 Å². The summed E-state index contributed by atoms with van der Waals surface area (Å²) in [4.78, 5) is 15.1. The minimum absolute atomic E-state index is 0.0697. The lowest BCUT2D eigenvalue weighted by Crippen LogP contribution is -2.14. The molecule has 0 bridgehead atoms. The number of nitrogens with two attached hydrogens (primary N) is 1. The average Bonchev–Trinajstić information content (AvgIpc) is 3.17. The van der Waals surface area contributed by atoms with Crippen molar-refractivity contribution in [2.24, 2.45) is 5.73 Å². The molecule has 0 unspecified atom stereocenters. The molecule has 9 heteroatoms. The van der Waals surface area contributed by atoms with Crippen molar-refractivity contribution in [3.63, 3.8) is 0 Å². The summed E-state index contributed by atoms with van der Waals surface area (Å²) < 4.78 is 10.8. The molecule has 3 aromatic rings. The second kappa shape index (κ2) is 7.83. The van der Waals surface area contributed by atoms with Gasteiger partial charge in [-0.1, -0.05) is 18.2 Å². The number of hydrogen-bond donors (Lipinski definition) is 2. The summed E-state index contributed by atoms with van der Waals surface area (Å²) in [5, 5.41) is 18.1. The molecule has 3 rings (SSSR count). The second-order valence-corrected chi connectivity index (χ2v) is 5.64. The normalized spacial score (nSPS) is 11.8. The molecule has 0 radical (unpaired) electrons. The Kier molecular flexibility index (Phi) is 5.32. The molecule has 1 atom stereocenters. The smallest absolute Gasteiger partial charge is 0.280 e. The summed E-state index contributed by atoms with van der Waals surface area (Å²) in [5.74, 6) is 1.78. The van der Waals surface area contributed by atoms with Crippen molar-refractivity contribution in [3.8, 4) is 22.9 Å². The molecule has 0 saturated heterocycles. The van der Waals surface area contributed by atoms with Gasteiger partial charge in [-0.3, -0.25) is 15.2 Å². The van der Waals surface area contributed by atoms with Crippen LogP contribution in [0.2, 0.25) is 0 Å². The fourth-order valence-corrected chi connectivity index (χ4v) is 2.67. The van der Waals surface area contributed by atoms with E-state index in [2.05, 4.69) is 15.2 Å². The zero-order chi connectivity index (χ0) is 19.4. The predicted molar refractivity (Wildman–Crippen MR) is 98.7 cm³/mol. The van der Waals surface area contributed by atoms with Gasteiger partial charge in [0.05, 0.1) is 30.2 Å². The number of ether oxygens (including phenoxy) is 2. The molecule has 0 amide bonds. The van der Waals surface area contributed by atoms with Crippen LogP contribution in [0.15, 0.2) is 42.5 Å². The summed E-state index contributed by atoms with van der Waals surface area (Å²) in [7, 11) is 1.56. The van der Waals surface area contributed by atoms with Gasteiger partial charge < -0.3 is 15.2 Å². The third-order valence-electron chi connectivity index (χ3n) is 3.99. The molecule has 1 heterocycles. The highest BCUT2D eigenvalue weighted by molar-refractivity contribution is 5.67. The van der Waals surface area contributed by atoms with Crippen LogP contribution < -0.4 is 15.2 Å². The van der Waals surface area contributed by atoms with E-state index < -0.39 is 11.0 Å². The Morgan fingerprint density at radius 2 is 2.04 bits per heavy atom. The van der Waals surface area contributed by atoms with Gasteiger partial charge in [0.15, 0.2) is 17.3 Å². The SMILES string of the molecule is CCOc1cc([C@@H](N)c2nc(-c3ccccc3[N+](=O)[O-])n[nH]2)ccc1OC. The molecule has 0 fully saturated rings. The maximum atomic E-state index is 11.2. The van der Waals surface area contributed by atoms with E-state index in [0.29, 0.717) is 29.5 Å². The third kappa shape index (κ3) is 3.72. The van der Waals surface area contributed by atoms with E-state index in [9.17, 15) is 10.1 Å². The maximum absolute atomic E-state index is 11.2. The topological polar surface area (TPSA) is 129 Å². The number of nitro benzene ring substituents is 1. The van der Waals surface area contributed by atoms with Gasteiger partial charge in [-0.2, -0.15) is 5.10 Å². The second-order valence-electron chi connectivity index (χ2n) is 5.64. The number of H-pyrrole nitrogens is 1. The van der Waals surface area contributed by atoms with Gasteiger partial charge in [-0.05, 0) is 30.7 Å². The van der Waals surface area contributed by atoms with Gasteiger partial charge in [0.25, 0.3) is 5.69 Å². The monoisotopic (exact) mass is 369 g/mol. The predicted octanol–water partition coefficient (Wildman–Crippen LogP) is 2.84. The molecule has 0 aliphatic rings. The number of benzene rings is 2. The molecule has 9 nitrogen and oxygen atoms in total. The number of methoxy groups -OCH3 is 1. The summed E-state index contributed by atoms with van der Waals surface area (Å²) in [6, 6.07) is 11.0. The van der Waals surface area contributed by atoms with Crippen molar-refractivity contribution in [1.82, 2.24) is 15.2 Å². The first-order chi connectivity index (χ1) is 13.0. The van der Waals surface area contributed by atoms with E-state index in [1.54, 1.807) is 43.5 Å². The van der Waals surface area contributed by atoms with E-state index in [0.717, 1.165) is 5.56 Å². The number of para-hydroxylation sites is 1. The first kappa shape index (κ1) is 18.3. The van der Waals surface area contributed by atoms with Crippen LogP contribution in [0.1, 0.15) is 24.4 Å². The van der Waals surface area contributed by atoms with Crippen LogP contribution in [0.5, 0.6) is 11.5 Å². The van der Waals surface area contributed by atoms with E-state index in [1.165, 1.54) is 6.07 Å². The largest absolute Gasteiger partial charge is 0.493 e. The van der Waals surface area contributed by atoms with Crippen molar-refractivity contribution in [3.05, 3.63) is 64.0 Å². The highest BCUT2D eigenvalue weighted by Crippen LogP contribution is 2.32. The lowest BCUT2D eigenvalue weighted by atomic mass is 10.1. The lowest BCUT2D eigenvalue weighted by Gasteiger charge is -2.14. The van der Waals surface area contributed by atoms with Crippen LogP contribution in [-0.2, 0) is 0 Å². The quantitative estimate of drug-likeness (QED) is 0.484. The third-order valence-corrected chi connectivity index (χ3v) is 3.99. The Labute approximate surface area is 155 Å². The van der Waals surface area contributed by atoms with E-state index >= 15 is 0 Å². The van der Waals surface area contributed by atoms with Crippen molar-refractivity contribution >= 4 is 5.69 Å². The van der Waals surface area contributed by atoms with E-state index in [-0.39, 0.29) is 11.5 Å². The Hall–Kier alpha value is -3.46. The minimum Gasteiger partial charge on any atom is -0.493 e. The fraction of sp³-hybridized carbons (Fsp3) is 0.222. The lowest BCUT2D eigenvalue weighted by molar-refractivity contribution is -0.384. The van der Waals surface area contributed by atoms with Crippen LogP contribution >= 0.6 is 0 Å². The van der Waals surface area contributed by atoms with Crippen LogP contribution in [0.4, 0.5) is 5.69 Å². The average molecular weight is 369 g/mol. The number of aromatic amines is 1. The molecule has 0 aliphatic carbocycles. The zero-order valence-electron chi connectivity index (χ0n) is 14.9. The maximum Gasteiger partial charge on any atom is 0.280 e. The number of aromatic nitrogens is 3. The summed E-state index contributed by atoms with van der Waals surface area (Å²) in [5.41, 5.74) is 7.29. The van der Waals surface area contributed by atoms with Crippen LogP contribution in [0, 0.1) is 10.1 Å². The first-order valence-electron chi connectivity index (χ1n) is 8.27. The molecule has 1 aromatic heterocycles. The molecule has 0 saturated carbocycles. The number of rotatable bonds is 7. The Bertz CT molecular complexity index is 956. The van der Waals surface area contributed by atoms with Crippen molar-refractivity contribution in [1.29, 1.82) is 0 Å². The van der Waals surface area contributed by atoms with Crippen LogP contribution in [-0.4, -0.2) is 33.8 Å². The molecule has 140 valence electrons. The minimum atomic E-state index is -0.612. The highest BCUT2D eigenvalue weighted by Gasteiger charge is 2.21. The van der Waals surface area contributed by atoms with Gasteiger partial charge in [0, 0.05) is 6.07 Å². The number of nitro groups is 1. The molecular formula is C18H19N5O4. The Morgan fingerprint density at radius 1 is 1.26 bits per heavy atom. The van der Waals surface area contributed by atoms with Gasteiger partial charge in [0.2, 0.25) is 0 Å². The number of nitrogens with zero attached hydrogens (tertiary/aromatic N) is 3.